The molecule has 4 saturated heterocycles. The van der Waals surface area contributed by atoms with Crippen LogP contribution >= 0.6 is 0 Å². The molecule has 4 heterocycles. The van der Waals surface area contributed by atoms with Gasteiger partial charge in [-0.05, 0) is 64.0 Å². The van der Waals surface area contributed by atoms with Crippen molar-refractivity contribution in [2.45, 2.75) is 93.1 Å². The van der Waals surface area contributed by atoms with E-state index in [4.69, 9.17) is 34.2 Å². The Bertz CT molecular complexity index is 3440. The highest BCUT2D eigenvalue weighted by Crippen LogP contribution is 2.31. The number of aliphatic hydroxyl groups excluding tert-OH is 8. The number of hydrogen-bond acceptors (Lipinski definition) is 35. The zero-order valence-corrected chi connectivity index (χ0v) is 56.8. The Hall–Kier alpha value is -8.92. The van der Waals surface area contributed by atoms with Crippen LogP contribution in [0.1, 0.15) is 46.4 Å². The third kappa shape index (κ3) is 22.5. The lowest BCUT2D eigenvalue weighted by Gasteiger charge is -2.39. The number of aliphatic hydroxyl groups is 8. The molecule has 4 aliphatic heterocycles. The van der Waals surface area contributed by atoms with E-state index in [1.165, 1.54) is 12.1 Å². The third-order valence-electron chi connectivity index (χ3n) is 17.7. The summed E-state index contributed by atoms with van der Waals surface area (Å²) in [6.45, 7) is 8.16. The standard InChI is InChI=1S/C63H91N15O26/c64-37(33-99-62(93)71-11-9-67-46-44(50(83)52(46)85)65-5-1-13-73-17-21-75(22-18-73)15-3-7-69-58(91)35-25-38(77(95)96)29-40(27-35)101-60-56(89)54(87)48(81)42(31-79)103-60)34-100-63(94)72-12-10-68-47-45(51(84)53(47)86)66-6-2-14-74-19-23-76(24-20-74)16-4-8-70-59(92)36-26-39(78(97)98)30-41(28-36)102-61-57(90)55(88)49(82)43(32-80)104-61/h25-30,37,42-43,48-49,54-57,60-61,65-68,79-82,87-90H,1-24,31-34,64H2,(H,69,91)(H,70,92)(H,71,93)(H,72,94)/t37?,42-,43+,48+,49-,54+,55-,56-,57-,60+,61+/m1/s1. The van der Waals surface area contributed by atoms with Crippen molar-refractivity contribution in [3.63, 3.8) is 0 Å². The second kappa shape index (κ2) is 39.3. The molecule has 574 valence electrons. The molecule has 8 rings (SSSR count). The van der Waals surface area contributed by atoms with Crippen LogP contribution in [0.15, 0.2) is 55.6 Å². The van der Waals surface area contributed by atoms with Crippen molar-refractivity contribution in [3.8, 4) is 11.5 Å². The molecule has 11 atom stereocenters. The summed E-state index contributed by atoms with van der Waals surface area (Å²) in [5.41, 5.74) is 2.52. The molecule has 4 aromatic carbocycles. The first-order chi connectivity index (χ1) is 49.8. The number of amides is 4. The van der Waals surface area contributed by atoms with E-state index in [-0.39, 0.29) is 97.9 Å². The van der Waals surface area contributed by atoms with Crippen LogP contribution in [0.2, 0.25) is 0 Å². The second-order valence-corrected chi connectivity index (χ2v) is 25.2. The highest BCUT2D eigenvalue weighted by molar-refractivity contribution is 5.96. The van der Waals surface area contributed by atoms with E-state index in [1.807, 2.05) is 0 Å². The molecule has 41 nitrogen and oxygen atoms in total. The fourth-order valence-electron chi connectivity index (χ4n) is 11.8. The highest BCUT2D eigenvalue weighted by Gasteiger charge is 2.46. The molecule has 0 radical (unpaired) electrons. The third-order valence-corrected chi connectivity index (χ3v) is 17.7. The van der Waals surface area contributed by atoms with E-state index in [0.29, 0.717) is 65.0 Å². The molecule has 4 aromatic rings. The number of nitro groups is 2. The van der Waals surface area contributed by atoms with Gasteiger partial charge in [0.05, 0.1) is 41.2 Å². The van der Waals surface area contributed by atoms with Gasteiger partial charge in [0, 0.05) is 128 Å². The molecule has 4 fully saturated rings. The predicted octanol–water partition coefficient (Wildman–Crippen LogP) is -6.16. The van der Waals surface area contributed by atoms with Gasteiger partial charge in [0.2, 0.25) is 12.6 Å². The number of nitrogens with zero attached hydrogens (tertiary/aromatic N) is 6. The summed E-state index contributed by atoms with van der Waals surface area (Å²) in [5.74, 6) is -1.70. The Morgan fingerprint density at radius 2 is 0.779 bits per heavy atom. The number of nitro benzene ring substituents is 2. The van der Waals surface area contributed by atoms with Gasteiger partial charge >= 0.3 is 12.2 Å². The van der Waals surface area contributed by atoms with Crippen molar-refractivity contribution in [2.24, 2.45) is 5.73 Å². The lowest BCUT2D eigenvalue weighted by atomic mass is 9.99. The average Bonchev–Trinajstić information content (AvgIpc) is 0.797. The van der Waals surface area contributed by atoms with Crippen LogP contribution < -0.4 is 79.5 Å². The molecule has 0 aliphatic carbocycles. The largest absolute Gasteiger partial charge is 0.462 e. The molecule has 18 N–H and O–H groups in total. The van der Waals surface area contributed by atoms with E-state index in [0.717, 1.165) is 76.6 Å². The maximum Gasteiger partial charge on any atom is 0.407 e. The number of non-ortho nitro benzene ring substituents is 2. The lowest BCUT2D eigenvalue weighted by Crippen LogP contribution is -2.60. The summed E-state index contributed by atoms with van der Waals surface area (Å²) in [7, 11) is 0. The number of carbonyl (C=O) groups excluding carboxylic acids is 4. The predicted molar refractivity (Wildman–Crippen MR) is 367 cm³/mol. The topological polar surface area (TPSA) is 575 Å². The van der Waals surface area contributed by atoms with Gasteiger partial charge in [0.1, 0.15) is 96.3 Å². The Balaban J connectivity index is 0.604. The molecular weight excluding hydrogens is 1380 g/mol. The number of nitrogens with one attached hydrogen (secondary N) is 8. The summed E-state index contributed by atoms with van der Waals surface area (Å²) >= 11 is 0. The number of anilines is 4. The Morgan fingerprint density at radius 3 is 1.10 bits per heavy atom. The van der Waals surface area contributed by atoms with E-state index in [2.05, 4.69) is 62.1 Å². The second-order valence-electron chi connectivity index (χ2n) is 25.2. The number of piperazine rings is 2. The molecule has 0 aromatic heterocycles. The summed E-state index contributed by atoms with van der Waals surface area (Å²) in [6, 6.07) is 5.62. The van der Waals surface area contributed by atoms with Crippen LogP contribution in [0, 0.1) is 20.2 Å². The van der Waals surface area contributed by atoms with Gasteiger partial charge in [-0.3, -0.25) is 49.0 Å². The first-order valence-corrected chi connectivity index (χ1v) is 34.0. The van der Waals surface area contributed by atoms with E-state index < -0.39 is 148 Å². The zero-order chi connectivity index (χ0) is 75.1. The molecular formula is C63H91N15O26. The number of rotatable bonds is 40. The number of hydrogen-bond donors (Lipinski definition) is 17. The van der Waals surface area contributed by atoms with Gasteiger partial charge in [-0.25, -0.2) is 9.59 Å². The summed E-state index contributed by atoms with van der Waals surface area (Å²) in [4.78, 5) is 131. The van der Waals surface area contributed by atoms with Crippen LogP contribution in [-0.4, -0.2) is 319 Å². The van der Waals surface area contributed by atoms with Crippen molar-refractivity contribution < 1.29 is 98.3 Å². The van der Waals surface area contributed by atoms with Gasteiger partial charge in [-0.1, -0.05) is 0 Å². The number of carbonyl (C=O) groups is 4. The lowest BCUT2D eigenvalue weighted by molar-refractivity contribution is -0.385. The molecule has 0 saturated carbocycles. The number of ether oxygens (including phenoxy) is 6. The van der Waals surface area contributed by atoms with E-state index in [9.17, 15) is 99.4 Å². The van der Waals surface area contributed by atoms with Crippen molar-refractivity contribution in [1.29, 1.82) is 0 Å². The van der Waals surface area contributed by atoms with Gasteiger partial charge in [0.25, 0.3) is 44.9 Å². The van der Waals surface area contributed by atoms with Crippen LogP contribution in [0.3, 0.4) is 0 Å². The van der Waals surface area contributed by atoms with Crippen LogP contribution in [0.4, 0.5) is 43.7 Å². The minimum absolute atomic E-state index is 0.00649. The minimum atomic E-state index is -1.77. The fourth-order valence-corrected chi connectivity index (χ4v) is 11.8. The normalized spacial score (nSPS) is 22.9. The van der Waals surface area contributed by atoms with Gasteiger partial charge in [-0.2, -0.15) is 0 Å². The van der Waals surface area contributed by atoms with Crippen molar-refractivity contribution in [2.75, 3.05) is 179 Å². The summed E-state index contributed by atoms with van der Waals surface area (Å²) in [6.07, 6.45) is -15.4. The van der Waals surface area contributed by atoms with Crippen molar-refractivity contribution in [1.82, 2.24) is 40.9 Å². The van der Waals surface area contributed by atoms with E-state index >= 15 is 0 Å². The molecule has 41 heteroatoms. The molecule has 104 heavy (non-hydrogen) atoms. The summed E-state index contributed by atoms with van der Waals surface area (Å²) < 4.78 is 31.9. The maximum absolute atomic E-state index is 13.1. The Morgan fingerprint density at radius 1 is 0.462 bits per heavy atom. The highest BCUT2D eigenvalue weighted by atomic mass is 16.7. The first kappa shape index (κ1) is 80.8. The summed E-state index contributed by atoms with van der Waals surface area (Å²) in [5, 5.41) is 125. The van der Waals surface area contributed by atoms with E-state index in [1.54, 1.807) is 0 Å². The molecule has 4 aliphatic rings. The van der Waals surface area contributed by atoms with Gasteiger partial charge < -0.3 is 137 Å². The average molecular weight is 1470 g/mol. The van der Waals surface area contributed by atoms with Crippen LogP contribution in [0.5, 0.6) is 11.5 Å². The first-order valence-electron chi connectivity index (χ1n) is 34.0. The Labute approximate surface area is 593 Å². The maximum atomic E-state index is 13.1. The number of nitrogens with two attached hydrogens (primary N) is 1. The molecule has 0 spiro atoms. The fraction of sp³-hybridized carbons (Fsp3) is 0.619. The number of alkyl carbamates (subject to hydrolysis) is 2. The Kier molecular flexibility index (Phi) is 30.5. The minimum Gasteiger partial charge on any atom is -0.462 e. The van der Waals surface area contributed by atoms with Crippen LogP contribution in [-0.2, 0) is 18.9 Å². The number of benzene rings is 2. The van der Waals surface area contributed by atoms with Crippen LogP contribution in [0.25, 0.3) is 0 Å². The quantitative estimate of drug-likeness (QED) is 0.00853. The van der Waals surface area contributed by atoms with Gasteiger partial charge in [0.15, 0.2) is 0 Å². The monoisotopic (exact) mass is 1470 g/mol. The molecule has 4 amide bonds. The van der Waals surface area contributed by atoms with Crippen molar-refractivity contribution >= 4 is 58.1 Å². The molecule has 0 bridgehead atoms. The smallest absolute Gasteiger partial charge is 0.407 e. The zero-order valence-electron chi connectivity index (χ0n) is 56.8. The SMILES string of the molecule is NC(COC(=O)NCCNc1c(NCCCN2CCN(CCCNC(=O)c3cc(O[C@H]4O[C@H](CO)[C@H](O)[C@H](O)[C@H]4O)cc([N+](=O)[O-])c3)CC2)c(=O)c1=O)COC(=O)NCCNc1c(NCCCN2CCN(CCCNC(=O)c3cc(O[C@H]4O[C@@H](CO)[C@@H](O)[C@@H](O)[C@H]4O)cc([N+](=O)[O-])c3)CC2)c(=O)c1=O. The molecule has 1 unspecified atom stereocenters. The van der Waals surface area contributed by atoms with Crippen molar-refractivity contribution in [3.05, 3.63) is 109 Å². The van der Waals surface area contributed by atoms with Gasteiger partial charge in [-0.15, -0.1) is 0 Å².